The molecule has 4 nitrogen and oxygen atoms in total. The maximum Gasteiger partial charge on any atom is 0.138 e. The number of Topliss-reactive ketones (excluding diaryl/α,β-unsaturated/α-hetero) is 1. The number of rotatable bonds is 1. The Bertz CT molecular complexity index is 574. The van der Waals surface area contributed by atoms with E-state index in [0.29, 0.717) is 19.4 Å². The van der Waals surface area contributed by atoms with Crippen LogP contribution in [-0.4, -0.2) is 22.2 Å². The van der Waals surface area contributed by atoms with Gasteiger partial charge in [0.1, 0.15) is 5.78 Å². The minimum atomic E-state index is -0.0875. The maximum atomic E-state index is 11.4. The van der Waals surface area contributed by atoms with E-state index in [1.54, 1.807) is 0 Å². The van der Waals surface area contributed by atoms with Crippen molar-refractivity contribution in [1.29, 1.82) is 0 Å². The number of aromatic nitrogens is 2. The molecule has 2 heterocycles. The topological polar surface area (TPSA) is 44.1 Å². The summed E-state index contributed by atoms with van der Waals surface area (Å²) in [5.41, 5.74) is 2.14. The molecular weight excluding hydrogens is 216 g/mol. The van der Waals surface area contributed by atoms with Crippen molar-refractivity contribution in [3.05, 3.63) is 30.0 Å². The van der Waals surface area contributed by atoms with E-state index >= 15 is 0 Å². The molecule has 0 spiro atoms. The van der Waals surface area contributed by atoms with Gasteiger partial charge in [0.05, 0.1) is 24.4 Å². The van der Waals surface area contributed by atoms with Crippen LogP contribution in [-0.2, 0) is 16.6 Å². The third-order valence-corrected chi connectivity index (χ3v) is 3.26. The Hall–Kier alpha value is -1.68. The molecule has 3 rings (SSSR count). The molecule has 1 aliphatic rings. The molecule has 2 aromatic rings. The lowest BCUT2D eigenvalue weighted by Crippen LogP contribution is -2.19. The number of aryl methyl sites for hydroxylation is 1. The van der Waals surface area contributed by atoms with E-state index in [1.165, 1.54) is 0 Å². The highest BCUT2D eigenvalue weighted by molar-refractivity contribution is 5.81. The first kappa shape index (κ1) is 10.5. The van der Waals surface area contributed by atoms with E-state index in [0.717, 1.165) is 16.5 Å². The van der Waals surface area contributed by atoms with E-state index in [9.17, 15) is 4.79 Å². The zero-order valence-corrected chi connectivity index (χ0v) is 9.72. The molecule has 1 aromatic heterocycles. The Morgan fingerprint density at radius 2 is 2.35 bits per heavy atom. The minimum Gasteiger partial charge on any atom is -0.373 e. The number of hydrogen-bond donors (Lipinski definition) is 0. The summed E-state index contributed by atoms with van der Waals surface area (Å²) in [6.45, 7) is 0.535. The van der Waals surface area contributed by atoms with E-state index in [-0.39, 0.29) is 11.9 Å². The van der Waals surface area contributed by atoms with Gasteiger partial charge in [-0.25, -0.2) is 0 Å². The highest BCUT2D eigenvalue weighted by Crippen LogP contribution is 2.28. The number of carbonyl (C=O) groups is 1. The van der Waals surface area contributed by atoms with Crippen LogP contribution in [0, 0.1) is 0 Å². The van der Waals surface area contributed by atoms with Crippen molar-refractivity contribution >= 4 is 16.7 Å². The molecule has 1 saturated heterocycles. The lowest BCUT2D eigenvalue weighted by atomic mass is 10.00. The summed E-state index contributed by atoms with van der Waals surface area (Å²) < 4.78 is 7.49. The van der Waals surface area contributed by atoms with Gasteiger partial charge in [-0.1, -0.05) is 12.1 Å². The fraction of sp³-hybridized carbons (Fsp3) is 0.385. The first-order valence-electron chi connectivity index (χ1n) is 5.79. The van der Waals surface area contributed by atoms with Gasteiger partial charge in [0.15, 0.2) is 0 Å². The highest BCUT2D eigenvalue weighted by Gasteiger charge is 2.22. The van der Waals surface area contributed by atoms with Crippen LogP contribution in [0.2, 0.25) is 0 Å². The molecular formula is C13H14N2O2. The highest BCUT2D eigenvalue weighted by atomic mass is 16.5. The van der Waals surface area contributed by atoms with Gasteiger partial charge in [0.25, 0.3) is 0 Å². The van der Waals surface area contributed by atoms with Crippen LogP contribution in [0.25, 0.3) is 10.9 Å². The molecule has 1 aromatic carbocycles. The van der Waals surface area contributed by atoms with Gasteiger partial charge in [-0.15, -0.1) is 0 Å². The largest absolute Gasteiger partial charge is 0.373 e. The van der Waals surface area contributed by atoms with E-state index in [1.807, 2.05) is 30.1 Å². The van der Waals surface area contributed by atoms with Crippen LogP contribution in [0.1, 0.15) is 24.5 Å². The monoisotopic (exact) mass is 230 g/mol. The second kappa shape index (κ2) is 3.96. The third-order valence-electron chi connectivity index (χ3n) is 3.26. The molecule has 0 N–H and O–H groups in total. The zero-order chi connectivity index (χ0) is 11.8. The average Bonchev–Trinajstić information content (AvgIpc) is 2.71. The van der Waals surface area contributed by atoms with Gasteiger partial charge in [-0.3, -0.25) is 9.48 Å². The fourth-order valence-electron chi connectivity index (χ4n) is 2.26. The van der Waals surface area contributed by atoms with Crippen molar-refractivity contribution < 1.29 is 9.53 Å². The first-order valence-corrected chi connectivity index (χ1v) is 5.79. The van der Waals surface area contributed by atoms with Gasteiger partial charge in [0.2, 0.25) is 0 Å². The molecule has 1 aliphatic heterocycles. The second-order valence-electron chi connectivity index (χ2n) is 4.44. The van der Waals surface area contributed by atoms with Gasteiger partial charge in [0, 0.05) is 25.3 Å². The van der Waals surface area contributed by atoms with Crippen molar-refractivity contribution in [2.75, 3.05) is 6.61 Å². The first-order chi connectivity index (χ1) is 8.24. The molecule has 4 heteroatoms. The minimum absolute atomic E-state index is 0.0875. The van der Waals surface area contributed by atoms with Crippen LogP contribution in [0.4, 0.5) is 0 Å². The van der Waals surface area contributed by atoms with Crippen molar-refractivity contribution in [3.63, 3.8) is 0 Å². The van der Waals surface area contributed by atoms with Crippen molar-refractivity contribution in [2.45, 2.75) is 18.9 Å². The van der Waals surface area contributed by atoms with Crippen LogP contribution < -0.4 is 0 Å². The van der Waals surface area contributed by atoms with Crippen LogP contribution >= 0.6 is 0 Å². The molecule has 0 amide bonds. The number of carbonyl (C=O) groups excluding carboxylic acids is 1. The number of fused-ring (bicyclic) bond motifs is 1. The Kier molecular flexibility index (Phi) is 2.44. The number of hydrogen-bond acceptors (Lipinski definition) is 3. The smallest absolute Gasteiger partial charge is 0.138 e. The molecule has 0 saturated carbocycles. The predicted molar refractivity (Wildman–Crippen MR) is 63.6 cm³/mol. The third kappa shape index (κ3) is 1.85. The Labute approximate surface area is 99.2 Å². The summed E-state index contributed by atoms with van der Waals surface area (Å²) in [5.74, 6) is 0.284. The standard InChI is InChI=1S/C13H14N2O2/c1-15-12-6-9(2-3-10(12)8-14-15)13-7-11(16)4-5-17-13/h2-3,6,8,13H,4-5,7H2,1H3. The lowest BCUT2D eigenvalue weighted by molar-refractivity contribution is -0.128. The summed E-state index contributed by atoms with van der Waals surface area (Å²) in [5, 5.41) is 5.32. The normalized spacial score (nSPS) is 21.0. The molecule has 0 aliphatic carbocycles. The SMILES string of the molecule is Cn1ncc2ccc(C3CC(=O)CCO3)cc21. The van der Waals surface area contributed by atoms with Crippen LogP contribution in [0.15, 0.2) is 24.4 Å². The van der Waals surface area contributed by atoms with Crippen molar-refractivity contribution in [3.8, 4) is 0 Å². The molecule has 0 bridgehead atoms. The lowest BCUT2D eigenvalue weighted by Gasteiger charge is -2.22. The number of ether oxygens (including phenoxy) is 1. The van der Waals surface area contributed by atoms with Gasteiger partial charge >= 0.3 is 0 Å². The van der Waals surface area contributed by atoms with E-state index < -0.39 is 0 Å². The maximum absolute atomic E-state index is 11.4. The molecule has 17 heavy (non-hydrogen) atoms. The molecule has 1 fully saturated rings. The average molecular weight is 230 g/mol. The number of nitrogens with zero attached hydrogens (tertiary/aromatic N) is 2. The summed E-state index contributed by atoms with van der Waals surface area (Å²) in [6, 6.07) is 6.11. The quantitative estimate of drug-likeness (QED) is 0.752. The van der Waals surface area contributed by atoms with Gasteiger partial charge in [-0.05, 0) is 11.6 Å². The second-order valence-corrected chi connectivity index (χ2v) is 4.44. The Morgan fingerprint density at radius 1 is 1.47 bits per heavy atom. The molecule has 88 valence electrons. The van der Waals surface area contributed by atoms with Crippen molar-refractivity contribution in [1.82, 2.24) is 9.78 Å². The Morgan fingerprint density at radius 3 is 3.18 bits per heavy atom. The van der Waals surface area contributed by atoms with E-state index in [2.05, 4.69) is 11.2 Å². The molecule has 0 radical (unpaired) electrons. The van der Waals surface area contributed by atoms with Crippen LogP contribution in [0.3, 0.4) is 0 Å². The van der Waals surface area contributed by atoms with Crippen LogP contribution in [0.5, 0.6) is 0 Å². The summed E-state index contributed by atoms with van der Waals surface area (Å²) in [6.07, 6.45) is 2.79. The summed E-state index contributed by atoms with van der Waals surface area (Å²) in [4.78, 5) is 11.4. The predicted octanol–water partition coefficient (Wildman–Crippen LogP) is 1.99. The number of benzene rings is 1. The summed E-state index contributed by atoms with van der Waals surface area (Å²) >= 11 is 0. The zero-order valence-electron chi connectivity index (χ0n) is 9.72. The number of ketones is 1. The van der Waals surface area contributed by atoms with Gasteiger partial charge in [-0.2, -0.15) is 5.10 Å². The van der Waals surface area contributed by atoms with Crippen molar-refractivity contribution in [2.24, 2.45) is 7.05 Å². The van der Waals surface area contributed by atoms with E-state index in [4.69, 9.17) is 4.74 Å². The summed E-state index contributed by atoms with van der Waals surface area (Å²) in [7, 11) is 1.92. The van der Waals surface area contributed by atoms with Gasteiger partial charge < -0.3 is 4.74 Å². The molecule has 1 unspecified atom stereocenters. The Balaban J connectivity index is 1.99. The molecule has 1 atom stereocenters. The fourth-order valence-corrected chi connectivity index (χ4v) is 2.26.